The second-order valence-corrected chi connectivity index (χ2v) is 4.02. The van der Waals surface area contributed by atoms with Crippen LogP contribution in [0.1, 0.15) is 27.2 Å². The fourth-order valence-electron chi connectivity index (χ4n) is 0.960. The Balaban J connectivity index is 2.73. The van der Waals surface area contributed by atoms with E-state index in [1.54, 1.807) is 12.1 Å². The normalized spacial score (nSPS) is 11.3. The van der Waals surface area contributed by atoms with E-state index in [0.717, 1.165) is 6.42 Å². The molecular weight excluding hydrogens is 193 g/mol. The van der Waals surface area contributed by atoms with Gasteiger partial charge in [0.15, 0.2) is 0 Å². The lowest BCUT2D eigenvalue weighted by Gasteiger charge is -2.23. The van der Waals surface area contributed by atoms with Gasteiger partial charge >= 0.3 is 7.12 Å². The van der Waals surface area contributed by atoms with E-state index >= 15 is 0 Å². The van der Waals surface area contributed by atoms with E-state index in [-0.39, 0.29) is 5.60 Å². The SMILES string of the molecule is CCC(C)(C)Oc1ccc(B(O)O)cn1. The molecule has 0 radical (unpaired) electrons. The highest BCUT2D eigenvalue weighted by atomic mass is 16.5. The maximum absolute atomic E-state index is 8.87. The summed E-state index contributed by atoms with van der Waals surface area (Å²) in [6.07, 6.45) is 2.27. The second-order valence-electron chi connectivity index (χ2n) is 4.02. The summed E-state index contributed by atoms with van der Waals surface area (Å²) in [6.45, 7) is 5.98. The number of hydrogen-bond acceptors (Lipinski definition) is 4. The molecule has 0 atom stereocenters. The van der Waals surface area contributed by atoms with E-state index in [4.69, 9.17) is 14.8 Å². The Kier molecular flexibility index (Phi) is 3.71. The van der Waals surface area contributed by atoms with Crippen molar-refractivity contribution in [3.8, 4) is 5.88 Å². The first-order valence-electron chi connectivity index (χ1n) is 4.96. The first-order valence-corrected chi connectivity index (χ1v) is 4.96. The number of rotatable bonds is 4. The molecule has 15 heavy (non-hydrogen) atoms. The molecule has 5 heteroatoms. The molecule has 0 spiro atoms. The first kappa shape index (κ1) is 12.0. The maximum Gasteiger partial charge on any atom is 0.490 e. The Bertz CT molecular complexity index is 311. The zero-order chi connectivity index (χ0) is 11.5. The monoisotopic (exact) mass is 209 g/mol. The van der Waals surface area contributed by atoms with Gasteiger partial charge in [-0.1, -0.05) is 13.0 Å². The van der Waals surface area contributed by atoms with Gasteiger partial charge in [0, 0.05) is 11.7 Å². The topological polar surface area (TPSA) is 62.6 Å². The molecule has 0 aliphatic heterocycles. The molecule has 0 unspecified atom stereocenters. The summed E-state index contributed by atoms with van der Waals surface area (Å²) >= 11 is 0. The molecule has 82 valence electrons. The standard InChI is InChI=1S/C10H16BNO3/c1-4-10(2,3)15-9-6-5-8(7-12-9)11(13)14/h5-7,13-14H,4H2,1-3H3. The van der Waals surface area contributed by atoms with Crippen molar-refractivity contribution in [2.24, 2.45) is 0 Å². The van der Waals surface area contributed by atoms with Crippen molar-refractivity contribution in [1.29, 1.82) is 0 Å². The molecule has 0 aliphatic rings. The highest BCUT2D eigenvalue weighted by molar-refractivity contribution is 6.58. The number of ether oxygens (including phenoxy) is 1. The Morgan fingerprint density at radius 2 is 2.07 bits per heavy atom. The van der Waals surface area contributed by atoms with Crippen LogP contribution >= 0.6 is 0 Å². The Morgan fingerprint density at radius 3 is 2.47 bits per heavy atom. The largest absolute Gasteiger partial charge is 0.490 e. The molecule has 2 N–H and O–H groups in total. The predicted octanol–water partition coefficient (Wildman–Crippen LogP) is 0.329. The van der Waals surface area contributed by atoms with Crippen molar-refractivity contribution in [2.45, 2.75) is 32.8 Å². The summed E-state index contributed by atoms with van der Waals surface area (Å²) in [6, 6.07) is 3.21. The number of pyridine rings is 1. The van der Waals surface area contributed by atoms with E-state index < -0.39 is 7.12 Å². The average molecular weight is 209 g/mol. The molecule has 1 aromatic heterocycles. The second kappa shape index (κ2) is 4.64. The van der Waals surface area contributed by atoms with Gasteiger partial charge in [-0.15, -0.1) is 0 Å². The van der Waals surface area contributed by atoms with Crippen molar-refractivity contribution in [3.05, 3.63) is 18.3 Å². The van der Waals surface area contributed by atoms with Crippen LogP contribution < -0.4 is 10.2 Å². The van der Waals surface area contributed by atoms with Crippen LogP contribution in [-0.2, 0) is 0 Å². The summed E-state index contributed by atoms with van der Waals surface area (Å²) in [5.41, 5.74) is 0.100. The van der Waals surface area contributed by atoms with Crippen LogP contribution in [0.15, 0.2) is 18.3 Å². The lowest BCUT2D eigenvalue weighted by molar-refractivity contribution is 0.0991. The van der Waals surface area contributed by atoms with Crippen LogP contribution in [0, 0.1) is 0 Å². The fourth-order valence-corrected chi connectivity index (χ4v) is 0.960. The molecule has 1 heterocycles. The smallest absolute Gasteiger partial charge is 0.472 e. The van der Waals surface area contributed by atoms with Crippen molar-refractivity contribution >= 4 is 12.6 Å². The van der Waals surface area contributed by atoms with Crippen LogP contribution in [0.3, 0.4) is 0 Å². The third-order valence-electron chi connectivity index (χ3n) is 2.29. The summed E-state index contributed by atoms with van der Waals surface area (Å²) in [5, 5.41) is 17.7. The number of aromatic nitrogens is 1. The van der Waals surface area contributed by atoms with Crippen molar-refractivity contribution in [2.75, 3.05) is 0 Å². The van der Waals surface area contributed by atoms with E-state index in [2.05, 4.69) is 4.98 Å². The molecule has 4 nitrogen and oxygen atoms in total. The molecule has 0 saturated carbocycles. The van der Waals surface area contributed by atoms with Crippen LogP contribution in [0.5, 0.6) is 5.88 Å². The third kappa shape index (κ3) is 3.53. The summed E-state index contributed by atoms with van der Waals surface area (Å²) in [5.74, 6) is 0.492. The molecule has 0 bridgehead atoms. The minimum Gasteiger partial charge on any atom is -0.472 e. The average Bonchev–Trinajstić information content (AvgIpc) is 2.18. The molecule has 0 fully saturated rings. The molecule has 0 amide bonds. The van der Waals surface area contributed by atoms with E-state index in [1.165, 1.54) is 6.20 Å². The van der Waals surface area contributed by atoms with Gasteiger partial charge in [0.1, 0.15) is 5.60 Å². The van der Waals surface area contributed by atoms with Gasteiger partial charge in [0.25, 0.3) is 0 Å². The molecular formula is C10H16BNO3. The fraction of sp³-hybridized carbons (Fsp3) is 0.500. The van der Waals surface area contributed by atoms with Crippen molar-refractivity contribution in [1.82, 2.24) is 4.98 Å². The minimum absolute atomic E-state index is 0.258. The van der Waals surface area contributed by atoms with Crippen LogP contribution in [-0.4, -0.2) is 27.8 Å². The number of hydrogen-bond donors (Lipinski definition) is 2. The summed E-state index contributed by atoms with van der Waals surface area (Å²) < 4.78 is 5.61. The van der Waals surface area contributed by atoms with Crippen LogP contribution in [0.4, 0.5) is 0 Å². The van der Waals surface area contributed by atoms with Gasteiger partial charge in [-0.3, -0.25) is 0 Å². The zero-order valence-electron chi connectivity index (χ0n) is 9.27. The molecule has 0 saturated heterocycles. The van der Waals surface area contributed by atoms with Gasteiger partial charge < -0.3 is 14.8 Å². The Labute approximate surface area is 90.1 Å². The first-order chi connectivity index (χ1) is 6.94. The lowest BCUT2D eigenvalue weighted by atomic mass is 9.82. The molecule has 0 aromatic carbocycles. The quantitative estimate of drug-likeness (QED) is 0.701. The Morgan fingerprint density at radius 1 is 1.40 bits per heavy atom. The van der Waals surface area contributed by atoms with Gasteiger partial charge in [-0.2, -0.15) is 0 Å². The Hall–Kier alpha value is -1.07. The van der Waals surface area contributed by atoms with E-state index in [9.17, 15) is 0 Å². The zero-order valence-corrected chi connectivity index (χ0v) is 9.27. The molecule has 1 rings (SSSR count). The molecule has 1 aromatic rings. The highest BCUT2D eigenvalue weighted by Gasteiger charge is 2.18. The third-order valence-corrected chi connectivity index (χ3v) is 2.29. The highest BCUT2D eigenvalue weighted by Crippen LogP contribution is 2.17. The predicted molar refractivity (Wildman–Crippen MR) is 59.1 cm³/mol. The van der Waals surface area contributed by atoms with Crippen LogP contribution in [0.25, 0.3) is 0 Å². The van der Waals surface area contributed by atoms with E-state index in [0.29, 0.717) is 11.3 Å². The van der Waals surface area contributed by atoms with Crippen molar-refractivity contribution in [3.63, 3.8) is 0 Å². The molecule has 0 aliphatic carbocycles. The minimum atomic E-state index is -1.48. The van der Waals surface area contributed by atoms with Gasteiger partial charge in [0.2, 0.25) is 5.88 Å². The summed E-state index contributed by atoms with van der Waals surface area (Å²) in [7, 11) is -1.48. The van der Waals surface area contributed by atoms with Crippen molar-refractivity contribution < 1.29 is 14.8 Å². The van der Waals surface area contributed by atoms with E-state index in [1.807, 2.05) is 20.8 Å². The van der Waals surface area contributed by atoms with Gasteiger partial charge in [-0.25, -0.2) is 4.98 Å². The number of nitrogens with zero attached hydrogens (tertiary/aromatic N) is 1. The maximum atomic E-state index is 8.87. The van der Waals surface area contributed by atoms with Gasteiger partial charge in [0.05, 0.1) is 0 Å². The summed E-state index contributed by atoms with van der Waals surface area (Å²) in [4.78, 5) is 3.99. The van der Waals surface area contributed by atoms with Gasteiger partial charge in [-0.05, 0) is 26.3 Å². The van der Waals surface area contributed by atoms with Crippen LogP contribution in [0.2, 0.25) is 0 Å². The lowest BCUT2D eigenvalue weighted by Crippen LogP contribution is -2.31.